The number of benzene rings is 1. The molecular formula is C17H24BrN3. The fourth-order valence-corrected chi connectivity index (χ4v) is 3.38. The van der Waals surface area contributed by atoms with Crippen molar-refractivity contribution in [3.63, 3.8) is 0 Å². The number of hydrogen-bond acceptors (Lipinski definition) is 3. The van der Waals surface area contributed by atoms with Gasteiger partial charge in [-0.2, -0.15) is 5.26 Å². The Morgan fingerprint density at radius 3 is 2.81 bits per heavy atom. The number of nitriles is 1. The van der Waals surface area contributed by atoms with Crippen molar-refractivity contribution < 1.29 is 0 Å². The SMILES string of the molecule is CN(CCCNc1ccc(Br)cc1C#N)C1CCCCC1. The van der Waals surface area contributed by atoms with E-state index < -0.39 is 0 Å². The van der Waals surface area contributed by atoms with Crippen LogP contribution in [0.15, 0.2) is 22.7 Å². The van der Waals surface area contributed by atoms with Crippen molar-refractivity contribution in [2.45, 2.75) is 44.6 Å². The molecule has 1 fully saturated rings. The van der Waals surface area contributed by atoms with Crippen LogP contribution in [0.4, 0.5) is 5.69 Å². The first-order valence-electron chi connectivity index (χ1n) is 7.84. The molecule has 2 rings (SSSR count). The van der Waals surface area contributed by atoms with E-state index in [1.807, 2.05) is 18.2 Å². The first-order valence-corrected chi connectivity index (χ1v) is 8.64. The summed E-state index contributed by atoms with van der Waals surface area (Å²) in [7, 11) is 2.25. The average Bonchev–Trinajstić information content (AvgIpc) is 2.53. The Kier molecular flexibility index (Phi) is 6.53. The van der Waals surface area contributed by atoms with E-state index in [1.165, 1.54) is 32.1 Å². The molecule has 0 bridgehead atoms. The standard InChI is InChI=1S/C17H24BrN3/c1-21(16-6-3-2-4-7-16)11-5-10-20-17-9-8-15(18)12-14(17)13-19/h8-9,12,16,20H,2-7,10-11H2,1H3. The zero-order valence-electron chi connectivity index (χ0n) is 12.7. The molecule has 0 spiro atoms. The van der Waals surface area contributed by atoms with Crippen LogP contribution >= 0.6 is 15.9 Å². The third kappa shape index (κ3) is 5.01. The molecule has 0 aliphatic heterocycles. The number of anilines is 1. The molecule has 0 unspecified atom stereocenters. The second-order valence-corrected chi connectivity index (χ2v) is 6.77. The molecule has 1 aromatic rings. The highest BCUT2D eigenvalue weighted by Crippen LogP contribution is 2.22. The smallest absolute Gasteiger partial charge is 0.101 e. The van der Waals surface area contributed by atoms with Gasteiger partial charge in [-0.05, 0) is 51.1 Å². The van der Waals surface area contributed by atoms with Gasteiger partial charge in [-0.3, -0.25) is 0 Å². The Morgan fingerprint density at radius 1 is 1.33 bits per heavy atom. The van der Waals surface area contributed by atoms with Gasteiger partial charge in [-0.1, -0.05) is 35.2 Å². The van der Waals surface area contributed by atoms with Crippen LogP contribution in [0, 0.1) is 11.3 Å². The minimum absolute atomic E-state index is 0.699. The average molecular weight is 350 g/mol. The summed E-state index contributed by atoms with van der Waals surface area (Å²) in [5, 5.41) is 12.5. The molecule has 1 aliphatic carbocycles. The molecule has 3 nitrogen and oxygen atoms in total. The highest BCUT2D eigenvalue weighted by Gasteiger charge is 2.17. The Bertz CT molecular complexity index is 489. The van der Waals surface area contributed by atoms with Gasteiger partial charge in [-0.25, -0.2) is 0 Å². The van der Waals surface area contributed by atoms with Crippen molar-refractivity contribution in [2.75, 3.05) is 25.5 Å². The maximum atomic E-state index is 9.14. The van der Waals surface area contributed by atoms with Gasteiger partial charge in [-0.15, -0.1) is 0 Å². The summed E-state index contributed by atoms with van der Waals surface area (Å²) in [5.41, 5.74) is 1.63. The van der Waals surface area contributed by atoms with Gasteiger partial charge in [0.15, 0.2) is 0 Å². The van der Waals surface area contributed by atoms with E-state index >= 15 is 0 Å². The van der Waals surface area contributed by atoms with Crippen LogP contribution in [0.2, 0.25) is 0 Å². The lowest BCUT2D eigenvalue weighted by atomic mass is 9.94. The van der Waals surface area contributed by atoms with Crippen molar-refractivity contribution in [1.29, 1.82) is 5.26 Å². The van der Waals surface area contributed by atoms with E-state index in [1.54, 1.807) is 0 Å². The van der Waals surface area contributed by atoms with Crippen LogP contribution in [0.25, 0.3) is 0 Å². The van der Waals surface area contributed by atoms with Gasteiger partial charge in [0.1, 0.15) is 6.07 Å². The van der Waals surface area contributed by atoms with Crippen molar-refractivity contribution >= 4 is 21.6 Å². The minimum atomic E-state index is 0.699. The zero-order valence-corrected chi connectivity index (χ0v) is 14.3. The van der Waals surface area contributed by atoms with Gasteiger partial charge >= 0.3 is 0 Å². The molecule has 21 heavy (non-hydrogen) atoms. The van der Waals surface area contributed by atoms with Crippen LogP contribution < -0.4 is 5.32 Å². The molecule has 0 saturated heterocycles. The number of nitrogens with one attached hydrogen (secondary N) is 1. The topological polar surface area (TPSA) is 39.1 Å². The predicted molar refractivity (Wildman–Crippen MR) is 91.5 cm³/mol. The van der Waals surface area contributed by atoms with Crippen LogP contribution in [-0.2, 0) is 0 Å². The van der Waals surface area contributed by atoms with E-state index in [4.69, 9.17) is 5.26 Å². The Balaban J connectivity index is 1.73. The fourth-order valence-electron chi connectivity index (χ4n) is 3.02. The summed E-state index contributed by atoms with van der Waals surface area (Å²) in [4.78, 5) is 2.51. The molecule has 4 heteroatoms. The summed E-state index contributed by atoms with van der Waals surface area (Å²) in [6, 6.07) is 8.81. The number of hydrogen-bond donors (Lipinski definition) is 1. The Hall–Kier alpha value is -1.05. The van der Waals surface area contributed by atoms with Gasteiger partial charge < -0.3 is 10.2 Å². The lowest BCUT2D eigenvalue weighted by Gasteiger charge is -2.31. The van der Waals surface area contributed by atoms with Crippen molar-refractivity contribution in [2.24, 2.45) is 0 Å². The lowest BCUT2D eigenvalue weighted by Crippen LogP contribution is -2.34. The molecular weight excluding hydrogens is 326 g/mol. The predicted octanol–water partition coefficient (Wildman–Crippen LogP) is 4.39. The quantitative estimate of drug-likeness (QED) is 0.774. The summed E-state index contributed by atoms with van der Waals surface area (Å²) in [5.74, 6) is 0. The van der Waals surface area contributed by atoms with Crippen LogP contribution in [0.3, 0.4) is 0 Å². The second kappa shape index (κ2) is 8.41. The normalized spacial score (nSPS) is 15.9. The molecule has 0 amide bonds. The van der Waals surface area contributed by atoms with Crippen molar-refractivity contribution in [3.8, 4) is 6.07 Å². The maximum Gasteiger partial charge on any atom is 0.101 e. The minimum Gasteiger partial charge on any atom is -0.384 e. The third-order valence-electron chi connectivity index (χ3n) is 4.30. The maximum absolute atomic E-state index is 9.14. The first-order chi connectivity index (χ1) is 10.2. The monoisotopic (exact) mass is 349 g/mol. The summed E-state index contributed by atoms with van der Waals surface area (Å²) < 4.78 is 0.946. The van der Waals surface area contributed by atoms with E-state index in [0.717, 1.165) is 35.7 Å². The third-order valence-corrected chi connectivity index (χ3v) is 4.80. The van der Waals surface area contributed by atoms with Gasteiger partial charge in [0.05, 0.1) is 11.3 Å². The van der Waals surface area contributed by atoms with E-state index in [-0.39, 0.29) is 0 Å². The first kappa shape index (κ1) is 16.3. The van der Waals surface area contributed by atoms with Gasteiger partial charge in [0.25, 0.3) is 0 Å². The summed E-state index contributed by atoms with van der Waals surface area (Å²) >= 11 is 3.40. The summed E-state index contributed by atoms with van der Waals surface area (Å²) in [6.07, 6.45) is 8.00. The fraction of sp³-hybridized carbons (Fsp3) is 0.588. The van der Waals surface area contributed by atoms with Gasteiger partial charge in [0, 0.05) is 17.1 Å². The van der Waals surface area contributed by atoms with Crippen LogP contribution in [-0.4, -0.2) is 31.1 Å². The summed E-state index contributed by atoms with van der Waals surface area (Å²) in [6.45, 7) is 2.03. The second-order valence-electron chi connectivity index (χ2n) is 5.85. The Labute approximate surface area is 136 Å². The van der Waals surface area contributed by atoms with E-state index in [9.17, 15) is 0 Å². The zero-order chi connectivity index (χ0) is 15.1. The molecule has 0 aromatic heterocycles. The molecule has 0 heterocycles. The molecule has 114 valence electrons. The van der Waals surface area contributed by atoms with Crippen molar-refractivity contribution in [1.82, 2.24) is 4.90 Å². The molecule has 0 atom stereocenters. The molecule has 1 N–H and O–H groups in total. The highest BCUT2D eigenvalue weighted by molar-refractivity contribution is 9.10. The number of nitrogens with zero attached hydrogens (tertiary/aromatic N) is 2. The molecule has 1 aliphatic rings. The molecule has 1 aromatic carbocycles. The number of rotatable bonds is 6. The Morgan fingerprint density at radius 2 is 2.10 bits per heavy atom. The van der Waals surface area contributed by atoms with Crippen LogP contribution in [0.1, 0.15) is 44.1 Å². The lowest BCUT2D eigenvalue weighted by molar-refractivity contribution is 0.191. The van der Waals surface area contributed by atoms with Gasteiger partial charge in [0.2, 0.25) is 0 Å². The molecule has 0 radical (unpaired) electrons. The largest absolute Gasteiger partial charge is 0.384 e. The highest BCUT2D eigenvalue weighted by atomic mass is 79.9. The van der Waals surface area contributed by atoms with Crippen molar-refractivity contribution in [3.05, 3.63) is 28.2 Å². The number of halogens is 1. The van der Waals surface area contributed by atoms with E-state index in [0.29, 0.717) is 5.56 Å². The van der Waals surface area contributed by atoms with E-state index in [2.05, 4.69) is 39.3 Å². The van der Waals surface area contributed by atoms with Crippen LogP contribution in [0.5, 0.6) is 0 Å². The molecule has 1 saturated carbocycles.